The summed E-state index contributed by atoms with van der Waals surface area (Å²) in [5.41, 5.74) is 3.89. The summed E-state index contributed by atoms with van der Waals surface area (Å²) in [6, 6.07) is 15.8. The van der Waals surface area contributed by atoms with Crippen LogP contribution in [-0.4, -0.2) is 13.4 Å². The highest BCUT2D eigenvalue weighted by Crippen LogP contribution is 2.32. The Kier molecular flexibility index (Phi) is 8.23. The zero-order valence-electron chi connectivity index (χ0n) is 13.2. The van der Waals surface area contributed by atoms with E-state index < -0.39 is 0 Å². The van der Waals surface area contributed by atoms with Crippen molar-refractivity contribution in [2.45, 2.75) is 19.2 Å². The Morgan fingerprint density at radius 3 is 2.36 bits per heavy atom. The molecule has 22 heavy (non-hydrogen) atoms. The average molecular weight is 361 g/mol. The normalized spacial score (nSPS) is 10.5. The van der Waals surface area contributed by atoms with Crippen molar-refractivity contribution in [2.75, 3.05) is 7.11 Å². The van der Waals surface area contributed by atoms with Gasteiger partial charge in [0.1, 0.15) is 12.0 Å². The largest absolute Gasteiger partial charge is 0.496 e. The molecule has 3 heteroatoms. The molecule has 0 unspecified atom stereocenters. The Labute approximate surface area is 141 Å². The minimum Gasteiger partial charge on any atom is -0.496 e. The number of rotatable bonds is 5. The molecule has 0 aliphatic rings. The van der Waals surface area contributed by atoms with Gasteiger partial charge in [-0.1, -0.05) is 72.2 Å². The van der Waals surface area contributed by atoms with E-state index in [0.29, 0.717) is 0 Å². The van der Waals surface area contributed by atoms with Crippen LogP contribution in [0.25, 0.3) is 5.57 Å². The van der Waals surface area contributed by atoms with Crippen LogP contribution in [0.4, 0.5) is 0 Å². The standard InChI is InChI=1S/C17H15BrO2.C2H6/c1-20-17-11-13(12-18)7-8-16(17)15(9-10-19)14-5-3-2-4-6-14;1-2/h2-11H,12H2,1H3;1-2H3/b15-9-;. The van der Waals surface area contributed by atoms with Crippen LogP contribution in [0, 0.1) is 0 Å². The Morgan fingerprint density at radius 2 is 1.82 bits per heavy atom. The van der Waals surface area contributed by atoms with Crippen molar-refractivity contribution in [3.05, 3.63) is 71.3 Å². The number of hydrogen-bond donors (Lipinski definition) is 0. The third-order valence-electron chi connectivity index (χ3n) is 3.03. The maximum absolute atomic E-state index is 11.0. The molecule has 0 bridgehead atoms. The van der Waals surface area contributed by atoms with E-state index in [1.165, 1.54) is 0 Å². The molecule has 0 amide bonds. The first-order valence-corrected chi connectivity index (χ1v) is 8.36. The van der Waals surface area contributed by atoms with Crippen LogP contribution >= 0.6 is 15.9 Å². The molecule has 0 fully saturated rings. The molecule has 0 saturated heterocycles. The van der Waals surface area contributed by atoms with Crippen LogP contribution in [0.3, 0.4) is 0 Å². The number of allylic oxidation sites excluding steroid dienone is 1. The molecule has 0 aliphatic heterocycles. The van der Waals surface area contributed by atoms with E-state index in [1.807, 2.05) is 62.4 Å². The monoisotopic (exact) mass is 360 g/mol. The maximum Gasteiger partial charge on any atom is 0.143 e. The second kappa shape index (κ2) is 9.96. The second-order valence-corrected chi connectivity index (χ2v) is 4.81. The van der Waals surface area contributed by atoms with Gasteiger partial charge in [-0.15, -0.1) is 0 Å². The Morgan fingerprint density at radius 1 is 1.14 bits per heavy atom. The third kappa shape index (κ3) is 4.57. The number of hydrogen-bond acceptors (Lipinski definition) is 2. The number of alkyl halides is 1. The first kappa shape index (κ1) is 18.2. The van der Waals surface area contributed by atoms with Crippen molar-refractivity contribution in [3.8, 4) is 5.75 Å². The lowest BCUT2D eigenvalue weighted by Crippen LogP contribution is -1.95. The molecule has 0 atom stereocenters. The van der Waals surface area contributed by atoms with Gasteiger partial charge < -0.3 is 4.74 Å². The quantitative estimate of drug-likeness (QED) is 0.413. The van der Waals surface area contributed by atoms with Crippen LogP contribution in [0.1, 0.15) is 30.5 Å². The Bertz CT molecular complexity index is 619. The predicted molar refractivity (Wildman–Crippen MR) is 96.6 cm³/mol. The molecule has 0 spiro atoms. The number of ether oxygens (including phenoxy) is 1. The average Bonchev–Trinajstić information content (AvgIpc) is 2.61. The van der Waals surface area contributed by atoms with Gasteiger partial charge in [0.2, 0.25) is 0 Å². The molecule has 0 aliphatic carbocycles. The summed E-state index contributed by atoms with van der Waals surface area (Å²) >= 11 is 3.43. The minimum absolute atomic E-state index is 0.763. The maximum atomic E-state index is 11.0. The zero-order valence-corrected chi connectivity index (χ0v) is 14.8. The Hall–Kier alpha value is -1.87. The zero-order chi connectivity index (χ0) is 16.4. The second-order valence-electron chi connectivity index (χ2n) is 4.25. The van der Waals surface area contributed by atoms with E-state index >= 15 is 0 Å². The first-order chi connectivity index (χ1) is 10.8. The fraction of sp³-hybridized carbons (Fsp3) is 0.211. The number of halogens is 1. The van der Waals surface area contributed by atoms with Gasteiger partial charge in [-0.25, -0.2) is 0 Å². The van der Waals surface area contributed by atoms with Crippen molar-refractivity contribution in [1.29, 1.82) is 0 Å². The molecule has 2 rings (SSSR count). The topological polar surface area (TPSA) is 26.3 Å². The van der Waals surface area contributed by atoms with Crippen molar-refractivity contribution in [2.24, 2.45) is 0 Å². The molecule has 0 N–H and O–H groups in total. The molecule has 2 aromatic rings. The third-order valence-corrected chi connectivity index (χ3v) is 3.68. The van der Waals surface area contributed by atoms with Gasteiger partial charge in [0.25, 0.3) is 0 Å². The number of benzene rings is 2. The Balaban J connectivity index is 0.00000116. The van der Waals surface area contributed by atoms with Crippen molar-refractivity contribution < 1.29 is 9.53 Å². The first-order valence-electron chi connectivity index (χ1n) is 7.24. The molecule has 0 heterocycles. The number of methoxy groups -OCH3 is 1. The van der Waals surface area contributed by atoms with Crippen LogP contribution in [0.5, 0.6) is 5.75 Å². The minimum atomic E-state index is 0.763. The lowest BCUT2D eigenvalue weighted by molar-refractivity contribution is -0.104. The van der Waals surface area contributed by atoms with Gasteiger partial charge in [0.15, 0.2) is 0 Å². The molecule has 116 valence electrons. The molecular formula is C19H21BrO2. The highest BCUT2D eigenvalue weighted by molar-refractivity contribution is 9.08. The molecule has 0 radical (unpaired) electrons. The molecule has 0 aromatic heterocycles. The van der Waals surface area contributed by atoms with Crippen LogP contribution in [-0.2, 0) is 10.1 Å². The van der Waals surface area contributed by atoms with Gasteiger partial charge >= 0.3 is 0 Å². The van der Waals surface area contributed by atoms with Crippen molar-refractivity contribution in [1.82, 2.24) is 0 Å². The molecule has 2 aromatic carbocycles. The summed E-state index contributed by atoms with van der Waals surface area (Å²) in [6.45, 7) is 4.00. The highest BCUT2D eigenvalue weighted by Gasteiger charge is 2.11. The molecule has 2 nitrogen and oxygen atoms in total. The summed E-state index contributed by atoms with van der Waals surface area (Å²) in [5, 5.41) is 0.766. The fourth-order valence-electron chi connectivity index (χ4n) is 2.07. The van der Waals surface area contributed by atoms with Crippen molar-refractivity contribution in [3.63, 3.8) is 0 Å². The van der Waals surface area contributed by atoms with Gasteiger partial charge in [-0.05, 0) is 28.8 Å². The van der Waals surface area contributed by atoms with Gasteiger partial charge in [0.05, 0.1) is 7.11 Å². The van der Waals surface area contributed by atoms with E-state index in [4.69, 9.17) is 4.74 Å². The lowest BCUT2D eigenvalue weighted by atomic mass is 9.96. The van der Waals surface area contributed by atoms with Gasteiger partial charge in [-0.2, -0.15) is 0 Å². The SMILES string of the molecule is CC.COc1cc(CBr)ccc1/C(=C\C=O)c1ccccc1. The van der Waals surface area contributed by atoms with E-state index in [0.717, 1.165) is 39.6 Å². The van der Waals surface area contributed by atoms with Crippen LogP contribution in [0.2, 0.25) is 0 Å². The highest BCUT2D eigenvalue weighted by atomic mass is 79.9. The summed E-state index contributed by atoms with van der Waals surface area (Å²) in [4.78, 5) is 11.0. The predicted octanol–water partition coefficient (Wildman–Crippen LogP) is 5.25. The fourth-order valence-corrected chi connectivity index (χ4v) is 2.42. The van der Waals surface area contributed by atoms with E-state index in [-0.39, 0.29) is 0 Å². The van der Waals surface area contributed by atoms with Gasteiger partial charge in [0, 0.05) is 10.9 Å². The summed E-state index contributed by atoms with van der Waals surface area (Å²) in [6.07, 6.45) is 2.38. The van der Waals surface area contributed by atoms with E-state index in [2.05, 4.69) is 15.9 Å². The van der Waals surface area contributed by atoms with Crippen molar-refractivity contribution >= 4 is 27.8 Å². The number of carbonyl (C=O) groups excluding carboxylic acids is 1. The molecule has 0 saturated carbocycles. The smallest absolute Gasteiger partial charge is 0.143 e. The summed E-state index contributed by atoms with van der Waals surface area (Å²) < 4.78 is 5.46. The molecular weight excluding hydrogens is 340 g/mol. The summed E-state index contributed by atoms with van der Waals surface area (Å²) in [7, 11) is 1.64. The summed E-state index contributed by atoms with van der Waals surface area (Å²) in [5.74, 6) is 0.763. The van der Waals surface area contributed by atoms with Gasteiger partial charge in [-0.3, -0.25) is 4.79 Å². The lowest BCUT2D eigenvalue weighted by Gasteiger charge is -2.13. The van der Waals surface area contributed by atoms with E-state index in [9.17, 15) is 4.79 Å². The number of carbonyl (C=O) groups is 1. The van der Waals surface area contributed by atoms with Crippen LogP contribution in [0.15, 0.2) is 54.6 Å². The number of aldehydes is 1. The van der Waals surface area contributed by atoms with Crippen LogP contribution < -0.4 is 4.74 Å². The van der Waals surface area contributed by atoms with E-state index in [1.54, 1.807) is 13.2 Å².